The first kappa shape index (κ1) is 26.4. The number of aromatic nitrogens is 7. The Morgan fingerprint density at radius 1 is 1.03 bits per heavy atom. The van der Waals surface area contributed by atoms with E-state index in [1.165, 1.54) is 33.5 Å². The second-order valence-electron chi connectivity index (χ2n) is 8.01. The van der Waals surface area contributed by atoms with Gasteiger partial charge in [-0.25, -0.2) is 23.4 Å². The van der Waals surface area contributed by atoms with E-state index in [9.17, 15) is 8.42 Å². The number of nitrogens with one attached hydrogen (secondary N) is 1. The minimum atomic E-state index is -4.07. The van der Waals surface area contributed by atoms with Crippen LogP contribution in [0.5, 0.6) is 5.88 Å². The zero-order valence-electron chi connectivity index (χ0n) is 20.5. The van der Waals surface area contributed by atoms with Crippen molar-refractivity contribution in [2.45, 2.75) is 31.2 Å². The Hall–Kier alpha value is -3.68. The van der Waals surface area contributed by atoms with Gasteiger partial charge < -0.3 is 9.47 Å². The Morgan fingerprint density at radius 2 is 1.78 bits per heavy atom. The lowest BCUT2D eigenvalue weighted by Crippen LogP contribution is -2.33. The van der Waals surface area contributed by atoms with Crippen LogP contribution in [0.1, 0.15) is 37.4 Å². The van der Waals surface area contributed by atoms with E-state index in [4.69, 9.17) is 21.1 Å². The first-order chi connectivity index (χ1) is 17.7. The Bertz CT molecular complexity index is 1450. The molecule has 4 heterocycles. The van der Waals surface area contributed by atoms with E-state index in [1.807, 2.05) is 13.0 Å². The molecule has 37 heavy (non-hydrogen) atoms. The van der Waals surface area contributed by atoms with E-state index in [2.05, 4.69) is 34.9 Å². The molecule has 0 spiro atoms. The van der Waals surface area contributed by atoms with Gasteiger partial charge in [-0.2, -0.15) is 0 Å². The number of nitrogens with zero attached hydrogens (tertiary/aromatic N) is 7. The van der Waals surface area contributed by atoms with Crippen LogP contribution in [0, 0.1) is 0 Å². The summed E-state index contributed by atoms with van der Waals surface area (Å²) in [5, 5.41) is 7.65. The molecule has 0 aromatic carbocycles. The third-order valence-electron chi connectivity index (χ3n) is 5.71. The van der Waals surface area contributed by atoms with Crippen LogP contribution in [-0.4, -0.2) is 62.6 Å². The smallest absolute Gasteiger partial charge is 0.240 e. The Balaban J connectivity index is 1.75. The van der Waals surface area contributed by atoms with E-state index in [0.717, 1.165) is 5.56 Å². The second-order valence-corrected chi connectivity index (χ2v) is 10.5. The zero-order valence-corrected chi connectivity index (χ0v) is 22.1. The lowest BCUT2D eigenvalue weighted by Gasteiger charge is -2.23. The van der Waals surface area contributed by atoms with Gasteiger partial charge in [0.1, 0.15) is 17.0 Å². The molecule has 0 bridgehead atoms. The number of ether oxygens (including phenoxy) is 2. The fraction of sp³-hybridized carbons (Fsp3) is 0.304. The Morgan fingerprint density at radius 3 is 2.43 bits per heavy atom. The molecular formula is C23H25ClN8O4S. The number of anilines is 1. The van der Waals surface area contributed by atoms with Crippen LogP contribution < -0.4 is 9.46 Å². The summed E-state index contributed by atoms with van der Waals surface area (Å²) < 4.78 is 41.9. The van der Waals surface area contributed by atoms with Gasteiger partial charge in [-0.05, 0) is 31.5 Å². The predicted molar refractivity (Wildman–Crippen MR) is 137 cm³/mol. The molecule has 0 aliphatic carbocycles. The summed E-state index contributed by atoms with van der Waals surface area (Å²) in [4.78, 5) is 16.9. The number of pyridine rings is 2. The molecular weight excluding hydrogens is 520 g/mol. The molecule has 0 saturated heterocycles. The normalized spacial score (nSPS) is 14.1. The monoisotopic (exact) mass is 544 g/mol. The van der Waals surface area contributed by atoms with Crippen LogP contribution >= 0.6 is 11.6 Å². The topological polar surface area (TPSA) is 147 Å². The molecule has 0 fully saturated rings. The summed E-state index contributed by atoms with van der Waals surface area (Å²) in [5.41, 5.74) is 1.26. The maximum Gasteiger partial charge on any atom is 0.240 e. The van der Waals surface area contributed by atoms with E-state index < -0.39 is 27.4 Å². The van der Waals surface area contributed by atoms with Gasteiger partial charge in [0.15, 0.2) is 11.6 Å². The summed E-state index contributed by atoms with van der Waals surface area (Å²) in [6.07, 6.45) is 5.13. The van der Waals surface area contributed by atoms with Crippen molar-refractivity contribution in [1.29, 1.82) is 0 Å². The number of hydrogen-bond donors (Lipinski definition) is 1. The third-order valence-corrected chi connectivity index (χ3v) is 7.60. The average Bonchev–Trinajstić information content (AvgIpc) is 3.32. The molecule has 4 aromatic heterocycles. The fourth-order valence-electron chi connectivity index (χ4n) is 3.69. The van der Waals surface area contributed by atoms with Crippen molar-refractivity contribution in [3.8, 4) is 17.4 Å². The summed E-state index contributed by atoms with van der Waals surface area (Å²) in [5.74, 6) is 0.888. The maximum absolute atomic E-state index is 13.5. The summed E-state index contributed by atoms with van der Waals surface area (Å²) >= 11 is 5.87. The molecule has 3 unspecified atom stereocenters. The van der Waals surface area contributed by atoms with E-state index >= 15 is 0 Å². The molecule has 0 amide bonds. The molecule has 0 radical (unpaired) electrons. The van der Waals surface area contributed by atoms with Gasteiger partial charge >= 0.3 is 0 Å². The van der Waals surface area contributed by atoms with Gasteiger partial charge in [-0.15, -0.1) is 10.2 Å². The van der Waals surface area contributed by atoms with Crippen molar-refractivity contribution >= 4 is 27.6 Å². The first-order valence-corrected chi connectivity index (χ1v) is 13.1. The van der Waals surface area contributed by atoms with Gasteiger partial charge in [-0.1, -0.05) is 23.7 Å². The van der Waals surface area contributed by atoms with Crippen molar-refractivity contribution in [3.63, 3.8) is 0 Å². The Kier molecular flexibility index (Phi) is 7.95. The van der Waals surface area contributed by atoms with Gasteiger partial charge in [0.05, 0.1) is 18.2 Å². The highest BCUT2D eigenvalue weighted by molar-refractivity contribution is 7.93. The number of rotatable bonds is 10. The quantitative estimate of drug-likeness (QED) is 0.315. The highest BCUT2D eigenvalue weighted by atomic mass is 35.5. The van der Waals surface area contributed by atoms with Crippen molar-refractivity contribution < 1.29 is 17.9 Å². The third kappa shape index (κ3) is 5.68. The lowest BCUT2D eigenvalue weighted by molar-refractivity contribution is 0.0950. The van der Waals surface area contributed by atoms with Crippen LogP contribution in [0.15, 0.2) is 55.1 Å². The van der Waals surface area contributed by atoms with Gasteiger partial charge in [0.2, 0.25) is 21.9 Å². The van der Waals surface area contributed by atoms with Crippen molar-refractivity contribution in [2.75, 3.05) is 18.9 Å². The van der Waals surface area contributed by atoms with Crippen molar-refractivity contribution in [1.82, 2.24) is 34.7 Å². The van der Waals surface area contributed by atoms with E-state index in [0.29, 0.717) is 22.4 Å². The van der Waals surface area contributed by atoms with E-state index in [1.54, 1.807) is 41.2 Å². The lowest BCUT2D eigenvalue weighted by atomic mass is 10.1. The fourth-order valence-corrected chi connectivity index (χ4v) is 4.92. The average molecular weight is 545 g/mol. The largest absolute Gasteiger partial charge is 0.481 e. The molecule has 14 heteroatoms. The first-order valence-electron chi connectivity index (χ1n) is 11.1. The van der Waals surface area contributed by atoms with E-state index in [-0.39, 0.29) is 11.8 Å². The molecule has 194 valence electrons. The highest BCUT2D eigenvalue weighted by Crippen LogP contribution is 2.31. The predicted octanol–water partition coefficient (Wildman–Crippen LogP) is 3.31. The Labute approximate surface area is 219 Å². The number of sulfonamides is 1. The molecule has 0 saturated carbocycles. The summed E-state index contributed by atoms with van der Waals surface area (Å²) in [6, 6.07) is 8.46. The minimum Gasteiger partial charge on any atom is -0.481 e. The molecule has 3 atom stereocenters. The van der Waals surface area contributed by atoms with Crippen molar-refractivity contribution in [2.24, 2.45) is 0 Å². The highest BCUT2D eigenvalue weighted by Gasteiger charge is 2.35. The molecule has 4 rings (SSSR count). The number of halogens is 1. The maximum atomic E-state index is 13.5. The van der Waals surface area contributed by atoms with Crippen LogP contribution in [0.2, 0.25) is 5.02 Å². The second kappa shape index (κ2) is 11.2. The standard InChI is InChI=1S/C23H25ClN8O4S/c1-14(16-7-6-10-25-11-16)32-22(18-8-5-9-19(28-18)35-3)29-30-23(32)31-37(33,34)15(2)20(36-4)21-26-12-17(24)13-27-21/h5-15,20H,1-4H3,(H,30,31). The molecule has 0 aliphatic heterocycles. The molecule has 12 nitrogen and oxygen atoms in total. The molecule has 0 aliphatic rings. The number of methoxy groups -OCH3 is 2. The zero-order chi connectivity index (χ0) is 26.6. The minimum absolute atomic E-state index is 0.00491. The molecule has 1 N–H and O–H groups in total. The van der Waals surface area contributed by atoms with Crippen LogP contribution in [0.3, 0.4) is 0 Å². The van der Waals surface area contributed by atoms with Gasteiger partial charge in [0.25, 0.3) is 0 Å². The van der Waals surface area contributed by atoms with Crippen molar-refractivity contribution in [3.05, 3.63) is 71.5 Å². The van der Waals surface area contributed by atoms with Gasteiger partial charge in [0, 0.05) is 38.0 Å². The summed E-state index contributed by atoms with van der Waals surface area (Å²) in [6.45, 7) is 3.37. The molecule has 4 aromatic rings. The SMILES string of the molecule is COc1cccc(-c2nnc(NS(=O)(=O)C(C)C(OC)c3ncc(Cl)cn3)n2C(C)c2cccnc2)n1. The van der Waals surface area contributed by atoms with Crippen LogP contribution in [-0.2, 0) is 14.8 Å². The van der Waals surface area contributed by atoms with Crippen LogP contribution in [0.25, 0.3) is 11.5 Å². The summed E-state index contributed by atoms with van der Waals surface area (Å²) in [7, 11) is -1.19. The van der Waals surface area contributed by atoms with Crippen LogP contribution in [0.4, 0.5) is 5.95 Å². The number of hydrogen-bond acceptors (Lipinski definition) is 10. The van der Waals surface area contributed by atoms with Gasteiger partial charge in [-0.3, -0.25) is 14.3 Å².